The van der Waals surface area contributed by atoms with Crippen molar-refractivity contribution in [2.45, 2.75) is 123 Å². The molecule has 0 aliphatic heterocycles. The van der Waals surface area contributed by atoms with E-state index in [1.807, 2.05) is 18.2 Å². The van der Waals surface area contributed by atoms with Gasteiger partial charge in [0.2, 0.25) is 0 Å². The fourth-order valence-corrected chi connectivity index (χ4v) is 5.26. The molecule has 0 bridgehead atoms. The summed E-state index contributed by atoms with van der Waals surface area (Å²) in [5.74, 6) is 0. The molecule has 170 valence electrons. The Hall–Kier alpha value is 0.307. The molecule has 1 aromatic rings. The van der Waals surface area contributed by atoms with Crippen LogP contribution in [-0.4, -0.2) is 6.00 Å². The summed E-state index contributed by atoms with van der Waals surface area (Å²) in [4.78, 5) is 0. The maximum absolute atomic E-state index is 5.87. The summed E-state index contributed by atoms with van der Waals surface area (Å²) in [6.07, 6.45) is 22.2. The molecule has 0 nitrogen and oxygen atoms in total. The van der Waals surface area contributed by atoms with Crippen molar-refractivity contribution in [2.75, 3.05) is 0 Å². The van der Waals surface area contributed by atoms with Crippen LogP contribution < -0.4 is 0 Å². The van der Waals surface area contributed by atoms with Gasteiger partial charge in [-0.1, -0.05) is 146 Å². The number of aryl methyl sites for hydroxylation is 1. The number of unbranched alkanes of at least 4 members (excludes halogenated alkanes) is 15. The van der Waals surface area contributed by atoms with Gasteiger partial charge in [-0.2, -0.15) is 0 Å². The Morgan fingerprint density at radius 3 is 1.17 bits per heavy atom. The number of hydrogen-bond donors (Lipinski definition) is 0. The second-order valence-corrected chi connectivity index (χ2v) is 17.6. The van der Waals surface area contributed by atoms with Crippen molar-refractivity contribution in [3.8, 4) is 0 Å². The second kappa shape index (κ2) is 21.5. The maximum atomic E-state index is 5.87. The van der Waals surface area contributed by atoms with E-state index in [0.717, 1.165) is 12.5 Å². The third kappa shape index (κ3) is 26.3. The lowest BCUT2D eigenvalue weighted by molar-refractivity contribution is 0.531. The first-order valence-electron chi connectivity index (χ1n) is 12.0. The van der Waals surface area contributed by atoms with Crippen molar-refractivity contribution in [3.05, 3.63) is 35.9 Å². The summed E-state index contributed by atoms with van der Waals surface area (Å²) in [5, 5.41) is 0. The molecule has 0 heterocycles. The predicted molar refractivity (Wildman–Crippen MR) is 139 cm³/mol. The molecular weight excluding hydrogens is 435 g/mol. The molecule has 1 aromatic carbocycles. The van der Waals surface area contributed by atoms with Crippen molar-refractivity contribution >= 4 is 39.2 Å². The lowest BCUT2D eigenvalue weighted by Crippen LogP contribution is -2.07. The fraction of sp³-hybridized carbons (Fsp3) is 0.760. The summed E-state index contributed by atoms with van der Waals surface area (Å²) in [6.45, 7) is 4.37. The molecule has 0 fully saturated rings. The Morgan fingerprint density at radius 1 is 0.552 bits per heavy atom. The van der Waals surface area contributed by atoms with Crippen LogP contribution in [0.4, 0.5) is 0 Å². The summed E-state index contributed by atoms with van der Waals surface area (Å²) in [5.41, 5.74) is 1.32. The molecule has 0 spiro atoms. The average molecular weight is 480 g/mol. The standard InChI is InChI=1S/C18H37Cl3Si.C7H8/c1-2-3-4-5-6-7-8-9-10-11-12-13-14-15-16-17-18-22(19,20)21;1-7-5-3-2-4-6-7/h2-18H2,1H3;2-6H,1H3. The summed E-state index contributed by atoms with van der Waals surface area (Å²) in [6, 6.07) is 8.74. The first kappa shape index (κ1) is 29.3. The Kier molecular flexibility index (Phi) is 21.8. The highest BCUT2D eigenvalue weighted by Crippen LogP contribution is 2.27. The van der Waals surface area contributed by atoms with Gasteiger partial charge in [0.1, 0.15) is 0 Å². The van der Waals surface area contributed by atoms with Crippen LogP contribution in [-0.2, 0) is 0 Å². The topological polar surface area (TPSA) is 0 Å². The quantitative estimate of drug-likeness (QED) is 0.118. The van der Waals surface area contributed by atoms with Crippen molar-refractivity contribution < 1.29 is 0 Å². The van der Waals surface area contributed by atoms with E-state index in [1.165, 1.54) is 102 Å². The molecule has 29 heavy (non-hydrogen) atoms. The number of benzene rings is 1. The minimum absolute atomic E-state index is 0.829. The molecule has 0 aliphatic carbocycles. The zero-order valence-corrected chi connectivity index (χ0v) is 22.3. The normalized spacial score (nSPS) is 11.2. The van der Waals surface area contributed by atoms with Gasteiger partial charge in [0.25, 0.3) is 0 Å². The lowest BCUT2D eigenvalue weighted by Gasteiger charge is -2.07. The SMILES string of the molecule is CCCCCCCCCCCCCCCCCC[Si](Cl)(Cl)Cl.Cc1ccccc1. The summed E-state index contributed by atoms with van der Waals surface area (Å²) in [7, 11) is 0. The smallest absolute Gasteiger partial charge is 0.126 e. The van der Waals surface area contributed by atoms with E-state index < -0.39 is 6.00 Å². The van der Waals surface area contributed by atoms with E-state index in [9.17, 15) is 0 Å². The average Bonchev–Trinajstić information content (AvgIpc) is 2.68. The van der Waals surface area contributed by atoms with Gasteiger partial charge in [-0.3, -0.25) is 0 Å². The highest BCUT2D eigenvalue weighted by atomic mass is 35.8. The predicted octanol–water partition coefficient (Wildman–Crippen LogP) is 10.9. The molecule has 0 aromatic heterocycles. The maximum Gasteiger partial charge on any atom is 0.341 e. The minimum Gasteiger partial charge on any atom is -0.126 e. The lowest BCUT2D eigenvalue weighted by atomic mass is 10.0. The highest BCUT2D eigenvalue weighted by molar-refractivity contribution is 7.64. The Bertz CT molecular complexity index is 431. The number of rotatable bonds is 17. The molecule has 0 unspecified atom stereocenters. The first-order chi connectivity index (χ1) is 14.0. The zero-order chi connectivity index (χ0) is 21.6. The molecule has 0 amide bonds. The minimum atomic E-state index is -2.35. The van der Waals surface area contributed by atoms with Crippen LogP contribution in [0.15, 0.2) is 30.3 Å². The second-order valence-electron chi connectivity index (χ2n) is 8.32. The number of hydrogen-bond acceptors (Lipinski definition) is 0. The van der Waals surface area contributed by atoms with E-state index in [1.54, 1.807) is 0 Å². The zero-order valence-electron chi connectivity index (χ0n) is 19.0. The van der Waals surface area contributed by atoms with Gasteiger partial charge in [-0.15, -0.1) is 33.2 Å². The van der Waals surface area contributed by atoms with Crippen molar-refractivity contribution in [1.29, 1.82) is 0 Å². The van der Waals surface area contributed by atoms with E-state index in [-0.39, 0.29) is 0 Å². The van der Waals surface area contributed by atoms with Crippen LogP contribution in [0.5, 0.6) is 0 Å². The molecule has 0 radical (unpaired) electrons. The number of halogens is 3. The Morgan fingerprint density at radius 2 is 0.897 bits per heavy atom. The van der Waals surface area contributed by atoms with Gasteiger partial charge in [-0.25, -0.2) is 0 Å². The molecule has 0 saturated carbocycles. The molecule has 0 aliphatic rings. The van der Waals surface area contributed by atoms with Crippen LogP contribution in [0.3, 0.4) is 0 Å². The molecule has 1 rings (SSSR count). The monoisotopic (exact) mass is 478 g/mol. The fourth-order valence-electron chi connectivity index (χ4n) is 3.41. The summed E-state index contributed by atoms with van der Waals surface area (Å²) < 4.78 is 0. The van der Waals surface area contributed by atoms with E-state index in [4.69, 9.17) is 33.2 Å². The molecular formula is C25H45Cl3Si. The van der Waals surface area contributed by atoms with E-state index >= 15 is 0 Å². The van der Waals surface area contributed by atoms with Gasteiger partial charge in [0.15, 0.2) is 0 Å². The van der Waals surface area contributed by atoms with Crippen LogP contribution in [0.2, 0.25) is 6.04 Å². The molecule has 4 heteroatoms. The van der Waals surface area contributed by atoms with E-state index in [0.29, 0.717) is 0 Å². The largest absolute Gasteiger partial charge is 0.341 e. The van der Waals surface area contributed by atoms with Gasteiger partial charge in [-0.05, 0) is 13.0 Å². The molecule has 0 N–H and O–H groups in total. The van der Waals surface area contributed by atoms with Crippen LogP contribution in [0, 0.1) is 6.92 Å². The van der Waals surface area contributed by atoms with Crippen LogP contribution >= 0.6 is 33.2 Å². The van der Waals surface area contributed by atoms with Gasteiger partial charge >= 0.3 is 6.00 Å². The third-order valence-corrected chi connectivity index (χ3v) is 7.88. The van der Waals surface area contributed by atoms with Crippen molar-refractivity contribution in [1.82, 2.24) is 0 Å². The van der Waals surface area contributed by atoms with E-state index in [2.05, 4.69) is 26.0 Å². The van der Waals surface area contributed by atoms with Gasteiger partial charge in [0, 0.05) is 0 Å². The van der Waals surface area contributed by atoms with Crippen molar-refractivity contribution in [3.63, 3.8) is 0 Å². The third-order valence-electron chi connectivity index (χ3n) is 5.25. The molecule has 0 saturated heterocycles. The van der Waals surface area contributed by atoms with Crippen LogP contribution in [0.1, 0.15) is 115 Å². The first-order valence-corrected chi connectivity index (χ1v) is 17.3. The van der Waals surface area contributed by atoms with Crippen molar-refractivity contribution in [2.24, 2.45) is 0 Å². The van der Waals surface area contributed by atoms with Gasteiger partial charge < -0.3 is 0 Å². The van der Waals surface area contributed by atoms with Gasteiger partial charge in [0.05, 0.1) is 0 Å². The van der Waals surface area contributed by atoms with Crippen LogP contribution in [0.25, 0.3) is 0 Å². The summed E-state index contributed by atoms with van der Waals surface area (Å²) >= 11 is 17.6. The highest BCUT2D eigenvalue weighted by Gasteiger charge is 2.23. The molecule has 0 atom stereocenters. The Labute approximate surface area is 197 Å². The Balaban J connectivity index is 0.000000929.